The normalized spacial score (nSPS) is 12.9. The third-order valence-electron chi connectivity index (χ3n) is 7.58. The largest absolute Gasteiger partial charge is 0.454 e. The first-order valence-electron chi connectivity index (χ1n) is 13.8. The zero-order valence-corrected chi connectivity index (χ0v) is 25.5. The fourth-order valence-corrected chi connectivity index (χ4v) is 5.32. The maximum atomic E-state index is 6.93. The van der Waals surface area contributed by atoms with Crippen molar-refractivity contribution < 1.29 is 4.42 Å². The maximum absolute atomic E-state index is 6.93. The van der Waals surface area contributed by atoms with Crippen molar-refractivity contribution >= 4 is 50.6 Å². The fourth-order valence-electron chi connectivity index (χ4n) is 5.06. The molecule has 0 spiro atoms. The van der Waals surface area contributed by atoms with Crippen LogP contribution in [0.5, 0.6) is 0 Å². The minimum Gasteiger partial charge on any atom is -0.454 e. The predicted octanol–water partition coefficient (Wildman–Crippen LogP) is 11.6. The first kappa shape index (κ1) is 27.3. The molecular weight excluding hydrogens is 498 g/mol. The Morgan fingerprint density at radius 3 is 1.64 bits per heavy atom. The van der Waals surface area contributed by atoms with E-state index in [1.807, 2.05) is 24.3 Å². The van der Waals surface area contributed by atoms with Gasteiger partial charge in [0.15, 0.2) is 5.58 Å². The minimum atomic E-state index is 0.000131. The van der Waals surface area contributed by atoms with Crippen LogP contribution in [0.15, 0.2) is 83.3 Å². The Bertz CT molecular complexity index is 1620. The summed E-state index contributed by atoms with van der Waals surface area (Å²) in [7, 11) is 0. The standard InChI is InChI=1S/C36H40ClNO/c1-34(2,3)23-14-16-26(17-15-23)38(27-19-24(35(4,5)6)18-25(20-27)36(7,8)9)28-21-30-29-12-10-11-13-32(29)39-33(30)31(37)22-28/h10-22H,1-9H3. The van der Waals surface area contributed by atoms with E-state index in [-0.39, 0.29) is 16.2 Å². The van der Waals surface area contributed by atoms with Gasteiger partial charge in [-0.1, -0.05) is 110 Å². The molecule has 1 aromatic heterocycles. The van der Waals surface area contributed by atoms with E-state index < -0.39 is 0 Å². The van der Waals surface area contributed by atoms with Crippen LogP contribution in [-0.4, -0.2) is 0 Å². The lowest BCUT2D eigenvalue weighted by atomic mass is 9.80. The summed E-state index contributed by atoms with van der Waals surface area (Å²) in [4.78, 5) is 2.34. The Morgan fingerprint density at radius 2 is 1.08 bits per heavy atom. The Hall–Kier alpha value is -3.23. The molecule has 0 aliphatic carbocycles. The van der Waals surface area contributed by atoms with Gasteiger partial charge < -0.3 is 9.32 Å². The van der Waals surface area contributed by atoms with Gasteiger partial charge in [-0.25, -0.2) is 0 Å². The van der Waals surface area contributed by atoms with E-state index in [4.69, 9.17) is 16.0 Å². The molecule has 2 nitrogen and oxygen atoms in total. The van der Waals surface area contributed by atoms with E-state index in [2.05, 4.69) is 122 Å². The van der Waals surface area contributed by atoms with E-state index in [9.17, 15) is 0 Å². The molecule has 4 aromatic carbocycles. The zero-order chi connectivity index (χ0) is 28.3. The van der Waals surface area contributed by atoms with Gasteiger partial charge in [0.2, 0.25) is 0 Å². The van der Waals surface area contributed by atoms with Crippen molar-refractivity contribution in [1.82, 2.24) is 0 Å². The minimum absolute atomic E-state index is 0.000131. The second kappa shape index (κ2) is 9.45. The number of halogens is 1. The molecule has 0 radical (unpaired) electrons. The average Bonchev–Trinajstić information content (AvgIpc) is 3.22. The molecule has 0 unspecified atom stereocenters. The van der Waals surface area contributed by atoms with Crippen LogP contribution in [-0.2, 0) is 16.2 Å². The molecule has 0 saturated carbocycles. The molecule has 39 heavy (non-hydrogen) atoms. The highest BCUT2D eigenvalue weighted by Gasteiger charge is 2.25. The quantitative estimate of drug-likeness (QED) is 0.227. The van der Waals surface area contributed by atoms with Crippen LogP contribution >= 0.6 is 11.6 Å². The molecule has 0 amide bonds. The Labute approximate surface area is 238 Å². The molecule has 3 heteroatoms. The molecule has 0 bridgehead atoms. The van der Waals surface area contributed by atoms with Gasteiger partial charge in [-0.3, -0.25) is 0 Å². The van der Waals surface area contributed by atoms with Crippen molar-refractivity contribution in [2.75, 3.05) is 4.90 Å². The van der Waals surface area contributed by atoms with Gasteiger partial charge >= 0.3 is 0 Å². The predicted molar refractivity (Wildman–Crippen MR) is 170 cm³/mol. The summed E-state index contributed by atoms with van der Waals surface area (Å²) in [5, 5.41) is 2.70. The molecule has 0 N–H and O–H groups in total. The SMILES string of the molecule is CC(C)(C)c1ccc(N(c2cc(C(C)(C)C)cc(C(C)(C)C)c2)c2cc(Cl)c3oc4ccccc4c3c2)cc1. The highest BCUT2D eigenvalue weighted by atomic mass is 35.5. The first-order valence-corrected chi connectivity index (χ1v) is 14.2. The van der Waals surface area contributed by atoms with Gasteiger partial charge in [-0.15, -0.1) is 0 Å². The van der Waals surface area contributed by atoms with E-state index >= 15 is 0 Å². The van der Waals surface area contributed by atoms with E-state index in [1.165, 1.54) is 16.7 Å². The average molecular weight is 538 g/mol. The van der Waals surface area contributed by atoms with Gasteiger partial charge in [-0.2, -0.15) is 0 Å². The summed E-state index contributed by atoms with van der Waals surface area (Å²) in [6, 6.07) is 28.4. The summed E-state index contributed by atoms with van der Waals surface area (Å²) in [6.45, 7) is 20.4. The van der Waals surface area contributed by atoms with Crippen molar-refractivity contribution in [2.45, 2.75) is 78.6 Å². The Balaban J connectivity index is 1.81. The smallest absolute Gasteiger partial charge is 0.154 e. The topological polar surface area (TPSA) is 16.4 Å². The second-order valence-corrected chi connectivity index (χ2v) is 14.2. The molecule has 0 fully saturated rings. The van der Waals surface area contributed by atoms with E-state index in [0.29, 0.717) is 5.02 Å². The van der Waals surface area contributed by atoms with Gasteiger partial charge in [0.1, 0.15) is 5.58 Å². The van der Waals surface area contributed by atoms with Gasteiger partial charge in [-0.05, 0) is 75.4 Å². The molecular formula is C36H40ClNO. The number of hydrogen-bond donors (Lipinski definition) is 0. The van der Waals surface area contributed by atoms with Crippen molar-refractivity contribution in [1.29, 1.82) is 0 Å². The third-order valence-corrected chi connectivity index (χ3v) is 7.86. The highest BCUT2D eigenvalue weighted by Crippen LogP contribution is 2.44. The van der Waals surface area contributed by atoms with Crippen LogP contribution in [0.25, 0.3) is 21.9 Å². The second-order valence-electron chi connectivity index (χ2n) is 13.8. The number of anilines is 3. The van der Waals surface area contributed by atoms with Gasteiger partial charge in [0.05, 0.1) is 5.02 Å². The molecule has 0 aliphatic heterocycles. The lowest BCUT2D eigenvalue weighted by molar-refractivity contribution is 0.568. The Morgan fingerprint density at radius 1 is 0.538 bits per heavy atom. The van der Waals surface area contributed by atoms with Crippen LogP contribution in [0.3, 0.4) is 0 Å². The number of furan rings is 1. The number of para-hydroxylation sites is 1. The lowest BCUT2D eigenvalue weighted by Gasteiger charge is -2.31. The molecule has 5 rings (SSSR count). The number of rotatable bonds is 3. The summed E-state index contributed by atoms with van der Waals surface area (Å²) < 4.78 is 6.16. The summed E-state index contributed by atoms with van der Waals surface area (Å²) in [6.07, 6.45) is 0. The van der Waals surface area contributed by atoms with Crippen LogP contribution in [0, 0.1) is 0 Å². The van der Waals surface area contributed by atoms with Crippen LogP contribution in [0.1, 0.15) is 79.0 Å². The molecule has 0 saturated heterocycles. The molecule has 5 aromatic rings. The summed E-state index contributed by atoms with van der Waals surface area (Å²) in [5.41, 5.74) is 8.79. The molecule has 1 heterocycles. The van der Waals surface area contributed by atoms with Crippen molar-refractivity contribution in [2.24, 2.45) is 0 Å². The number of benzene rings is 4. The molecule has 0 atom stereocenters. The number of fused-ring (bicyclic) bond motifs is 3. The summed E-state index contributed by atoms with van der Waals surface area (Å²) in [5.74, 6) is 0. The van der Waals surface area contributed by atoms with Crippen LogP contribution < -0.4 is 4.90 Å². The van der Waals surface area contributed by atoms with Crippen molar-refractivity contribution in [3.63, 3.8) is 0 Å². The van der Waals surface area contributed by atoms with E-state index in [0.717, 1.165) is 39.0 Å². The lowest BCUT2D eigenvalue weighted by Crippen LogP contribution is -2.19. The van der Waals surface area contributed by atoms with Crippen molar-refractivity contribution in [3.05, 3.63) is 101 Å². The number of hydrogen-bond acceptors (Lipinski definition) is 2. The first-order chi connectivity index (χ1) is 18.1. The Kier molecular flexibility index (Phi) is 6.63. The molecule has 0 aliphatic rings. The highest BCUT2D eigenvalue weighted by molar-refractivity contribution is 6.36. The van der Waals surface area contributed by atoms with Crippen LogP contribution in [0.2, 0.25) is 5.02 Å². The monoisotopic (exact) mass is 537 g/mol. The van der Waals surface area contributed by atoms with Gasteiger partial charge in [0.25, 0.3) is 0 Å². The van der Waals surface area contributed by atoms with E-state index in [1.54, 1.807) is 0 Å². The third kappa shape index (κ3) is 5.32. The number of nitrogens with zero attached hydrogens (tertiary/aromatic N) is 1. The zero-order valence-electron chi connectivity index (χ0n) is 24.7. The molecule has 202 valence electrons. The van der Waals surface area contributed by atoms with Crippen molar-refractivity contribution in [3.8, 4) is 0 Å². The van der Waals surface area contributed by atoms with Crippen LogP contribution in [0.4, 0.5) is 17.1 Å². The maximum Gasteiger partial charge on any atom is 0.154 e. The fraction of sp³-hybridized carbons (Fsp3) is 0.333. The van der Waals surface area contributed by atoms with Gasteiger partial charge in [0, 0.05) is 27.8 Å². The summed E-state index contributed by atoms with van der Waals surface area (Å²) >= 11 is 6.93.